The van der Waals surface area contributed by atoms with Gasteiger partial charge >= 0.3 is 12.2 Å². The maximum absolute atomic E-state index is 12.8. The molecule has 2 aliphatic heterocycles. The number of hydrogen-bond donors (Lipinski definition) is 1. The van der Waals surface area contributed by atoms with Crippen LogP contribution in [0.1, 0.15) is 16.5 Å². The number of nitrogens with zero attached hydrogens (tertiary/aromatic N) is 4. The maximum atomic E-state index is 12.8. The fourth-order valence-corrected chi connectivity index (χ4v) is 4.82. The lowest BCUT2D eigenvalue weighted by Gasteiger charge is -2.37. The van der Waals surface area contributed by atoms with Crippen LogP contribution in [-0.4, -0.2) is 79.8 Å². The Morgan fingerprint density at radius 3 is 2.47 bits per heavy atom. The fraction of sp³-hybridized carbons (Fsp3) is 0.524. The number of halogens is 3. The number of amides is 2. The SMILES string of the molecule is O=C(NC[C@H](c1cccs1)N1CCOCC1)N1CCN(c2ccc(C(F)(F)F)cn2)CC1. The Kier molecular flexibility index (Phi) is 7.17. The van der Waals surface area contributed by atoms with Crippen molar-refractivity contribution in [3.8, 4) is 0 Å². The van der Waals surface area contributed by atoms with Gasteiger partial charge in [0.1, 0.15) is 5.82 Å². The molecule has 1 atom stereocenters. The summed E-state index contributed by atoms with van der Waals surface area (Å²) in [5, 5.41) is 5.11. The number of carbonyl (C=O) groups excluding carboxylic acids is 1. The summed E-state index contributed by atoms with van der Waals surface area (Å²) in [6.45, 7) is 5.55. The number of rotatable bonds is 5. The lowest BCUT2D eigenvalue weighted by molar-refractivity contribution is -0.137. The van der Waals surface area contributed by atoms with E-state index < -0.39 is 11.7 Å². The van der Waals surface area contributed by atoms with E-state index in [1.165, 1.54) is 10.9 Å². The Labute approximate surface area is 188 Å². The van der Waals surface area contributed by atoms with Crippen molar-refractivity contribution in [2.45, 2.75) is 12.2 Å². The average molecular weight is 470 g/mol. The van der Waals surface area contributed by atoms with E-state index in [4.69, 9.17) is 4.74 Å². The van der Waals surface area contributed by atoms with Crippen molar-refractivity contribution in [1.29, 1.82) is 0 Å². The van der Waals surface area contributed by atoms with Gasteiger partial charge in [0, 0.05) is 56.9 Å². The highest BCUT2D eigenvalue weighted by Gasteiger charge is 2.31. The third-order valence-electron chi connectivity index (χ3n) is 5.77. The smallest absolute Gasteiger partial charge is 0.379 e. The highest BCUT2D eigenvalue weighted by molar-refractivity contribution is 7.10. The van der Waals surface area contributed by atoms with E-state index in [9.17, 15) is 18.0 Å². The first kappa shape index (κ1) is 22.8. The van der Waals surface area contributed by atoms with E-state index in [1.54, 1.807) is 16.2 Å². The van der Waals surface area contributed by atoms with Crippen LogP contribution in [0.2, 0.25) is 0 Å². The van der Waals surface area contributed by atoms with Gasteiger partial charge in [-0.25, -0.2) is 9.78 Å². The summed E-state index contributed by atoms with van der Waals surface area (Å²) in [7, 11) is 0. The van der Waals surface area contributed by atoms with Gasteiger partial charge in [0.05, 0.1) is 24.8 Å². The van der Waals surface area contributed by atoms with Crippen LogP contribution in [0.5, 0.6) is 0 Å². The molecule has 2 amide bonds. The lowest BCUT2D eigenvalue weighted by atomic mass is 10.2. The molecule has 2 saturated heterocycles. The zero-order chi connectivity index (χ0) is 22.6. The quantitative estimate of drug-likeness (QED) is 0.730. The first-order chi connectivity index (χ1) is 15.4. The van der Waals surface area contributed by atoms with E-state index in [0.29, 0.717) is 51.8 Å². The molecule has 1 N–H and O–H groups in total. The zero-order valence-electron chi connectivity index (χ0n) is 17.6. The van der Waals surface area contributed by atoms with E-state index in [1.807, 2.05) is 16.3 Å². The fourth-order valence-electron chi connectivity index (χ4n) is 3.95. The van der Waals surface area contributed by atoms with Crippen molar-refractivity contribution in [3.63, 3.8) is 0 Å². The molecule has 0 radical (unpaired) electrons. The summed E-state index contributed by atoms with van der Waals surface area (Å²) in [5.74, 6) is 0.489. The Hall–Kier alpha value is -2.37. The number of thiophene rings is 1. The summed E-state index contributed by atoms with van der Waals surface area (Å²) in [6.07, 6.45) is -3.55. The van der Waals surface area contributed by atoms with Gasteiger partial charge in [0.25, 0.3) is 0 Å². The molecule has 2 aliphatic rings. The van der Waals surface area contributed by atoms with Crippen molar-refractivity contribution in [3.05, 3.63) is 46.3 Å². The minimum Gasteiger partial charge on any atom is -0.379 e. The summed E-state index contributed by atoms with van der Waals surface area (Å²) < 4.78 is 43.6. The molecule has 174 valence electrons. The van der Waals surface area contributed by atoms with Crippen LogP contribution in [0, 0.1) is 0 Å². The van der Waals surface area contributed by atoms with Crippen LogP contribution in [0.25, 0.3) is 0 Å². The summed E-state index contributed by atoms with van der Waals surface area (Å²) in [5.41, 5.74) is -0.764. The number of alkyl halides is 3. The number of anilines is 1. The van der Waals surface area contributed by atoms with Gasteiger partial charge in [-0.05, 0) is 23.6 Å². The standard InChI is InChI=1S/C21H26F3N5O2S/c22-21(23,24)16-3-4-19(25-14-16)28-5-7-29(8-6-28)20(30)26-15-17(18-2-1-13-32-18)27-9-11-31-12-10-27/h1-4,13-14,17H,5-12,15H2,(H,26,30)/t17-/m1/s1. The number of ether oxygens (including phenoxy) is 1. The molecular formula is C21H26F3N5O2S. The van der Waals surface area contributed by atoms with Gasteiger partial charge in [-0.15, -0.1) is 11.3 Å². The number of pyridine rings is 1. The van der Waals surface area contributed by atoms with Gasteiger partial charge < -0.3 is 19.9 Å². The second-order valence-electron chi connectivity index (χ2n) is 7.74. The van der Waals surface area contributed by atoms with Gasteiger partial charge in [0.15, 0.2) is 0 Å². The van der Waals surface area contributed by atoms with E-state index in [0.717, 1.165) is 25.4 Å². The number of nitrogens with one attached hydrogen (secondary N) is 1. The third-order valence-corrected chi connectivity index (χ3v) is 6.74. The van der Waals surface area contributed by atoms with E-state index in [-0.39, 0.29) is 12.1 Å². The van der Waals surface area contributed by atoms with E-state index in [2.05, 4.69) is 21.3 Å². The second-order valence-corrected chi connectivity index (χ2v) is 8.72. The maximum Gasteiger partial charge on any atom is 0.417 e. The van der Waals surface area contributed by atoms with Gasteiger partial charge in [-0.1, -0.05) is 6.07 Å². The molecule has 0 bridgehead atoms. The Morgan fingerprint density at radius 1 is 1.12 bits per heavy atom. The van der Waals surface area contributed by atoms with Crippen LogP contribution < -0.4 is 10.2 Å². The Balaban J connectivity index is 1.29. The molecular weight excluding hydrogens is 443 g/mol. The van der Waals surface area contributed by atoms with Gasteiger partial charge in [-0.3, -0.25) is 4.90 Å². The van der Waals surface area contributed by atoms with Crippen LogP contribution in [0.3, 0.4) is 0 Å². The average Bonchev–Trinajstić information content (AvgIpc) is 3.34. The Bertz CT molecular complexity index is 865. The number of urea groups is 1. The van der Waals surface area contributed by atoms with Crippen molar-refractivity contribution >= 4 is 23.2 Å². The van der Waals surface area contributed by atoms with E-state index >= 15 is 0 Å². The van der Waals surface area contributed by atoms with Crippen LogP contribution in [-0.2, 0) is 10.9 Å². The zero-order valence-corrected chi connectivity index (χ0v) is 18.4. The molecule has 0 aliphatic carbocycles. The largest absolute Gasteiger partial charge is 0.417 e. The van der Waals surface area contributed by atoms with Crippen molar-refractivity contribution < 1.29 is 22.7 Å². The predicted molar refractivity (Wildman–Crippen MR) is 116 cm³/mol. The molecule has 0 spiro atoms. The molecule has 7 nitrogen and oxygen atoms in total. The summed E-state index contributed by atoms with van der Waals surface area (Å²) >= 11 is 1.68. The molecule has 4 rings (SSSR count). The first-order valence-electron chi connectivity index (χ1n) is 10.6. The minimum absolute atomic E-state index is 0.112. The highest BCUT2D eigenvalue weighted by atomic mass is 32.1. The van der Waals surface area contributed by atoms with Crippen molar-refractivity contribution in [2.24, 2.45) is 0 Å². The molecule has 2 aromatic heterocycles. The monoisotopic (exact) mass is 469 g/mol. The highest BCUT2D eigenvalue weighted by Crippen LogP contribution is 2.29. The minimum atomic E-state index is -4.40. The molecule has 0 unspecified atom stereocenters. The topological polar surface area (TPSA) is 60.9 Å². The summed E-state index contributed by atoms with van der Waals surface area (Å²) in [6, 6.07) is 6.52. The predicted octanol–water partition coefficient (Wildman–Crippen LogP) is 3.07. The number of hydrogen-bond acceptors (Lipinski definition) is 6. The third kappa shape index (κ3) is 5.51. The lowest BCUT2D eigenvalue weighted by Crippen LogP contribution is -2.53. The van der Waals surface area contributed by atoms with Crippen LogP contribution in [0.15, 0.2) is 35.8 Å². The van der Waals surface area contributed by atoms with Crippen molar-refractivity contribution in [2.75, 3.05) is 63.9 Å². The van der Waals surface area contributed by atoms with Crippen LogP contribution in [0.4, 0.5) is 23.8 Å². The molecule has 0 saturated carbocycles. The Morgan fingerprint density at radius 2 is 1.88 bits per heavy atom. The second kappa shape index (κ2) is 10.1. The van der Waals surface area contributed by atoms with Gasteiger partial charge in [-0.2, -0.15) is 13.2 Å². The number of aromatic nitrogens is 1. The number of piperazine rings is 1. The van der Waals surface area contributed by atoms with Gasteiger partial charge in [0.2, 0.25) is 0 Å². The molecule has 11 heteroatoms. The van der Waals surface area contributed by atoms with Crippen molar-refractivity contribution in [1.82, 2.24) is 20.1 Å². The molecule has 2 fully saturated rings. The number of carbonyl (C=O) groups is 1. The molecule has 2 aromatic rings. The molecule has 32 heavy (non-hydrogen) atoms. The first-order valence-corrected chi connectivity index (χ1v) is 11.5. The van der Waals surface area contributed by atoms with Crippen LogP contribution >= 0.6 is 11.3 Å². The summed E-state index contributed by atoms with van der Waals surface area (Å²) in [4.78, 5) is 23.9. The normalized spacial score (nSPS) is 19.1. The number of morpholine rings is 1. The molecule has 4 heterocycles. The molecule has 0 aromatic carbocycles.